The van der Waals surface area contributed by atoms with E-state index in [2.05, 4.69) is 20.0 Å². The lowest BCUT2D eigenvalue weighted by atomic mass is 9.91. The van der Waals surface area contributed by atoms with Gasteiger partial charge in [-0.2, -0.15) is 5.10 Å². The van der Waals surface area contributed by atoms with Gasteiger partial charge in [0.05, 0.1) is 11.7 Å². The van der Waals surface area contributed by atoms with Crippen LogP contribution in [0.2, 0.25) is 0 Å². The van der Waals surface area contributed by atoms with Crippen molar-refractivity contribution in [2.75, 3.05) is 42.5 Å². The summed E-state index contributed by atoms with van der Waals surface area (Å²) in [6.07, 6.45) is 8.24. The summed E-state index contributed by atoms with van der Waals surface area (Å²) in [7, 11) is 0. The predicted octanol–water partition coefficient (Wildman–Crippen LogP) is 4.10. The number of anilines is 3. The predicted molar refractivity (Wildman–Crippen MR) is 163 cm³/mol. The Hall–Kier alpha value is -4.55. The van der Waals surface area contributed by atoms with E-state index in [0.717, 1.165) is 37.3 Å². The number of rotatable bonds is 5. The molecule has 7 N–H and O–H groups in total. The van der Waals surface area contributed by atoms with Crippen molar-refractivity contribution >= 4 is 35.3 Å². The number of nitrogens with two attached hydrogens (primary N) is 3. The number of aromatic hydroxyl groups is 1. The van der Waals surface area contributed by atoms with Crippen LogP contribution in [0.5, 0.6) is 5.75 Å². The van der Waals surface area contributed by atoms with Crippen LogP contribution in [0, 0.1) is 5.82 Å². The van der Waals surface area contributed by atoms with Crippen molar-refractivity contribution in [2.45, 2.75) is 64.0 Å². The average molecular weight is 594 g/mol. The standard InChI is InChI=1S/C30H40FN9O3/c1-30(2,3)43-29(42)39-11-7-18(8-12-39)19-16-35-28(36-17-19)38-13-9-20(10-14-38)40-24(25(33)27(34)37-40)15-23(32)21-5-4-6-22(31)26(21)41/h4-6,15-18,20,41H,7-14,32-33H2,1-3H3,(H2,34,37)/b23-15-. The summed E-state index contributed by atoms with van der Waals surface area (Å²) in [5.41, 5.74) is 20.2. The number of ether oxygens (including phenoxy) is 1. The molecule has 2 aliphatic heterocycles. The molecule has 12 nitrogen and oxygen atoms in total. The lowest BCUT2D eigenvalue weighted by molar-refractivity contribution is 0.0204. The first kappa shape index (κ1) is 29.9. The zero-order valence-electron chi connectivity index (χ0n) is 24.8. The second-order valence-corrected chi connectivity index (χ2v) is 12.1. The fourth-order valence-electron chi connectivity index (χ4n) is 5.61. The molecular weight excluding hydrogens is 553 g/mol. The Labute approximate surface area is 250 Å². The summed E-state index contributed by atoms with van der Waals surface area (Å²) in [5, 5.41) is 14.6. The highest BCUT2D eigenvalue weighted by atomic mass is 19.1. The van der Waals surface area contributed by atoms with E-state index in [1.54, 1.807) is 15.7 Å². The smallest absolute Gasteiger partial charge is 0.410 e. The Balaban J connectivity index is 1.21. The van der Waals surface area contributed by atoms with Gasteiger partial charge in [-0.25, -0.2) is 19.2 Å². The number of aromatic nitrogens is 4. The highest BCUT2D eigenvalue weighted by molar-refractivity contribution is 5.86. The number of amides is 1. The highest BCUT2D eigenvalue weighted by Crippen LogP contribution is 2.34. The van der Waals surface area contributed by atoms with Gasteiger partial charge in [-0.05, 0) is 76.1 Å². The zero-order chi connectivity index (χ0) is 30.9. The third kappa shape index (κ3) is 6.60. The largest absolute Gasteiger partial charge is 0.504 e. The molecule has 5 rings (SSSR count). The number of nitrogens with zero attached hydrogens (tertiary/aromatic N) is 6. The molecule has 0 spiro atoms. The fraction of sp³-hybridized carbons (Fsp3) is 0.467. The van der Waals surface area contributed by atoms with Crippen molar-refractivity contribution in [3.63, 3.8) is 0 Å². The van der Waals surface area contributed by atoms with Crippen LogP contribution in [0.1, 0.15) is 75.2 Å². The fourth-order valence-corrected chi connectivity index (χ4v) is 5.61. The lowest BCUT2D eigenvalue weighted by Gasteiger charge is -2.34. The number of halogens is 1. The molecule has 230 valence electrons. The van der Waals surface area contributed by atoms with Crippen molar-refractivity contribution < 1.29 is 19.0 Å². The normalized spacial score (nSPS) is 17.3. The number of benzene rings is 1. The van der Waals surface area contributed by atoms with Crippen molar-refractivity contribution in [3.8, 4) is 5.75 Å². The number of carbonyl (C=O) groups is 1. The number of phenolic OH excluding ortho intramolecular Hbond substituents is 1. The second kappa shape index (κ2) is 12.0. The highest BCUT2D eigenvalue weighted by Gasteiger charge is 2.29. The average Bonchev–Trinajstić information content (AvgIpc) is 3.26. The van der Waals surface area contributed by atoms with E-state index >= 15 is 0 Å². The minimum atomic E-state index is -0.763. The van der Waals surface area contributed by atoms with Crippen LogP contribution >= 0.6 is 0 Å². The number of likely N-dealkylation sites (tertiary alicyclic amines) is 1. The van der Waals surface area contributed by atoms with Gasteiger partial charge in [-0.1, -0.05) is 6.07 Å². The summed E-state index contributed by atoms with van der Waals surface area (Å²) in [5.74, 6) is -0.150. The number of piperidine rings is 2. The van der Waals surface area contributed by atoms with Gasteiger partial charge < -0.3 is 36.8 Å². The van der Waals surface area contributed by atoms with Gasteiger partial charge in [0.2, 0.25) is 5.95 Å². The molecule has 0 aliphatic carbocycles. The third-order valence-corrected chi connectivity index (χ3v) is 7.97. The van der Waals surface area contributed by atoms with Gasteiger partial charge in [0.1, 0.15) is 11.3 Å². The van der Waals surface area contributed by atoms with Crippen LogP contribution in [0.3, 0.4) is 0 Å². The van der Waals surface area contributed by atoms with E-state index in [1.807, 2.05) is 33.2 Å². The minimum absolute atomic E-state index is 0.00885. The Kier molecular flexibility index (Phi) is 8.34. The molecule has 2 saturated heterocycles. The first-order valence-corrected chi connectivity index (χ1v) is 14.5. The summed E-state index contributed by atoms with van der Waals surface area (Å²) in [6.45, 7) is 8.29. The number of nitrogen functional groups attached to an aromatic ring is 2. The molecule has 0 radical (unpaired) electrons. The number of carbonyl (C=O) groups excluding carboxylic acids is 1. The van der Waals surface area contributed by atoms with Gasteiger partial charge in [0.15, 0.2) is 17.4 Å². The van der Waals surface area contributed by atoms with Gasteiger partial charge in [0.25, 0.3) is 0 Å². The summed E-state index contributed by atoms with van der Waals surface area (Å²) in [6, 6.07) is 4.15. The second-order valence-electron chi connectivity index (χ2n) is 12.1. The maximum Gasteiger partial charge on any atom is 0.410 e. The Morgan fingerprint density at radius 1 is 1.07 bits per heavy atom. The van der Waals surface area contributed by atoms with E-state index in [4.69, 9.17) is 21.9 Å². The molecule has 1 amide bonds. The van der Waals surface area contributed by atoms with Crippen LogP contribution in [-0.4, -0.2) is 67.6 Å². The molecular formula is C30H40FN9O3. The first-order valence-electron chi connectivity index (χ1n) is 14.5. The molecule has 4 heterocycles. The van der Waals surface area contributed by atoms with E-state index in [-0.39, 0.29) is 34.9 Å². The molecule has 3 aromatic rings. The van der Waals surface area contributed by atoms with Gasteiger partial charge in [0, 0.05) is 49.8 Å². The number of phenols is 1. The third-order valence-electron chi connectivity index (χ3n) is 7.97. The summed E-state index contributed by atoms with van der Waals surface area (Å²) >= 11 is 0. The topological polar surface area (TPSA) is 175 Å². The molecule has 2 fully saturated rings. The van der Waals surface area contributed by atoms with E-state index < -0.39 is 17.2 Å². The van der Waals surface area contributed by atoms with Crippen molar-refractivity contribution in [1.82, 2.24) is 24.6 Å². The van der Waals surface area contributed by atoms with E-state index in [1.165, 1.54) is 12.1 Å². The van der Waals surface area contributed by atoms with Crippen molar-refractivity contribution in [3.05, 3.63) is 53.2 Å². The molecule has 0 bridgehead atoms. The molecule has 0 saturated carbocycles. The van der Waals surface area contributed by atoms with Gasteiger partial charge >= 0.3 is 6.09 Å². The van der Waals surface area contributed by atoms with Gasteiger partial charge in [-0.15, -0.1) is 0 Å². The van der Waals surface area contributed by atoms with Crippen molar-refractivity contribution in [2.24, 2.45) is 5.73 Å². The maximum atomic E-state index is 13.9. The van der Waals surface area contributed by atoms with E-state index in [0.29, 0.717) is 43.7 Å². The maximum absolute atomic E-state index is 13.9. The Bertz CT molecular complexity index is 1480. The quantitative estimate of drug-likeness (QED) is 0.337. The SMILES string of the molecule is CC(C)(C)OC(=O)N1CCC(c2cnc(N3CCC(n4nc(N)c(N)c4/C=C(\N)c4cccc(F)c4O)CC3)nc2)CC1. The molecule has 0 unspecified atom stereocenters. The van der Waals surface area contributed by atoms with Gasteiger partial charge in [-0.3, -0.25) is 4.68 Å². The van der Waals surface area contributed by atoms with Crippen LogP contribution in [0.25, 0.3) is 11.8 Å². The number of hydrogen-bond acceptors (Lipinski definition) is 10. The monoisotopic (exact) mass is 593 g/mol. The lowest BCUT2D eigenvalue weighted by Crippen LogP contribution is -2.41. The Morgan fingerprint density at radius 2 is 1.72 bits per heavy atom. The van der Waals surface area contributed by atoms with Crippen LogP contribution in [0.15, 0.2) is 30.6 Å². The van der Waals surface area contributed by atoms with Crippen molar-refractivity contribution in [1.29, 1.82) is 0 Å². The minimum Gasteiger partial charge on any atom is -0.504 e. The van der Waals surface area contributed by atoms with Crippen LogP contribution < -0.4 is 22.1 Å². The Morgan fingerprint density at radius 3 is 2.35 bits per heavy atom. The first-order chi connectivity index (χ1) is 20.4. The zero-order valence-corrected chi connectivity index (χ0v) is 24.8. The van der Waals surface area contributed by atoms with E-state index in [9.17, 15) is 14.3 Å². The molecule has 13 heteroatoms. The molecule has 2 aliphatic rings. The van der Waals surface area contributed by atoms with Crippen LogP contribution in [0.4, 0.5) is 26.6 Å². The molecule has 2 aromatic heterocycles. The van der Waals surface area contributed by atoms with Crippen LogP contribution in [-0.2, 0) is 4.74 Å². The molecule has 43 heavy (non-hydrogen) atoms. The number of hydrogen-bond donors (Lipinski definition) is 4. The number of para-hydroxylation sites is 1. The summed E-state index contributed by atoms with van der Waals surface area (Å²) in [4.78, 5) is 25.6. The summed E-state index contributed by atoms with van der Waals surface area (Å²) < 4.78 is 21.1. The molecule has 1 aromatic carbocycles. The molecule has 0 atom stereocenters.